The summed E-state index contributed by atoms with van der Waals surface area (Å²) in [5.41, 5.74) is 0.801. The van der Waals surface area contributed by atoms with E-state index >= 15 is 0 Å². The molecule has 0 N–H and O–H groups in total. The van der Waals surface area contributed by atoms with Crippen LogP contribution in [0.4, 0.5) is 0 Å². The van der Waals surface area contributed by atoms with Crippen LogP contribution in [0.1, 0.15) is 30.7 Å². The van der Waals surface area contributed by atoms with Gasteiger partial charge in [0.05, 0.1) is 6.07 Å². The maximum atomic E-state index is 12.6. The van der Waals surface area contributed by atoms with Crippen LogP contribution in [0.2, 0.25) is 0 Å². The highest BCUT2D eigenvalue weighted by Crippen LogP contribution is 2.24. The van der Waals surface area contributed by atoms with Gasteiger partial charge in [-0.2, -0.15) is 5.26 Å². The Hall–Kier alpha value is -1.86. The van der Waals surface area contributed by atoms with E-state index in [0.717, 1.165) is 38.2 Å². The Balaban J connectivity index is 1.66. The Kier molecular flexibility index (Phi) is 4.21. The molecule has 3 rings (SSSR count). The third-order valence-electron chi connectivity index (χ3n) is 4.64. The van der Waals surface area contributed by atoms with Crippen LogP contribution >= 0.6 is 0 Å². The predicted molar refractivity (Wildman–Crippen MR) is 80.6 cm³/mol. The average molecular weight is 283 g/mol. The quantitative estimate of drug-likeness (QED) is 0.852. The molecular formula is C17H21N3O. The molecule has 21 heavy (non-hydrogen) atoms. The van der Waals surface area contributed by atoms with Crippen molar-refractivity contribution in [2.24, 2.45) is 0 Å². The summed E-state index contributed by atoms with van der Waals surface area (Å²) in [7, 11) is 0. The number of likely N-dealkylation sites (tertiary alicyclic amines) is 2. The van der Waals surface area contributed by atoms with E-state index in [9.17, 15) is 10.1 Å². The maximum Gasteiger partial charge on any atom is 0.244 e. The fourth-order valence-corrected chi connectivity index (χ4v) is 3.45. The van der Waals surface area contributed by atoms with Crippen molar-refractivity contribution in [1.29, 1.82) is 5.26 Å². The SMILES string of the molecule is N#CC(C(=O)N1CCC(N2CCCC2)C1)c1ccccc1. The fraction of sp³-hybridized carbons (Fsp3) is 0.529. The van der Waals surface area contributed by atoms with Crippen molar-refractivity contribution in [1.82, 2.24) is 9.80 Å². The van der Waals surface area contributed by atoms with Crippen LogP contribution in [0, 0.1) is 11.3 Å². The lowest BCUT2D eigenvalue weighted by atomic mass is 9.99. The van der Waals surface area contributed by atoms with Crippen molar-refractivity contribution in [2.45, 2.75) is 31.2 Å². The number of amides is 1. The molecule has 0 spiro atoms. The third kappa shape index (κ3) is 2.93. The van der Waals surface area contributed by atoms with E-state index in [0.29, 0.717) is 6.04 Å². The Morgan fingerprint density at radius 3 is 2.57 bits per heavy atom. The molecule has 0 radical (unpaired) electrons. The van der Waals surface area contributed by atoms with E-state index in [1.54, 1.807) is 0 Å². The lowest BCUT2D eigenvalue weighted by molar-refractivity contribution is -0.130. The lowest BCUT2D eigenvalue weighted by Crippen LogP contribution is -2.38. The summed E-state index contributed by atoms with van der Waals surface area (Å²) in [6.45, 7) is 3.88. The maximum absolute atomic E-state index is 12.6. The number of carbonyl (C=O) groups excluding carboxylic acids is 1. The molecule has 2 heterocycles. The first-order chi connectivity index (χ1) is 10.3. The smallest absolute Gasteiger partial charge is 0.244 e. The number of hydrogen-bond acceptors (Lipinski definition) is 3. The fourth-order valence-electron chi connectivity index (χ4n) is 3.45. The number of benzene rings is 1. The zero-order valence-electron chi connectivity index (χ0n) is 12.2. The van der Waals surface area contributed by atoms with Crippen LogP contribution in [0.15, 0.2) is 30.3 Å². The first-order valence-electron chi connectivity index (χ1n) is 7.77. The number of nitrogens with zero attached hydrogens (tertiary/aromatic N) is 3. The molecule has 2 unspecified atom stereocenters. The van der Waals surface area contributed by atoms with E-state index < -0.39 is 5.92 Å². The van der Waals surface area contributed by atoms with Gasteiger partial charge in [-0.05, 0) is 37.9 Å². The number of rotatable bonds is 3. The third-order valence-corrected chi connectivity index (χ3v) is 4.64. The second-order valence-electron chi connectivity index (χ2n) is 5.94. The Labute approximate surface area is 126 Å². The first kappa shape index (κ1) is 14.1. The zero-order chi connectivity index (χ0) is 14.7. The zero-order valence-corrected chi connectivity index (χ0v) is 12.2. The molecule has 2 atom stereocenters. The van der Waals surface area contributed by atoms with Crippen LogP contribution in [-0.2, 0) is 4.79 Å². The molecule has 0 aliphatic carbocycles. The van der Waals surface area contributed by atoms with E-state index in [1.807, 2.05) is 35.2 Å². The van der Waals surface area contributed by atoms with Gasteiger partial charge in [0.2, 0.25) is 5.91 Å². The minimum atomic E-state index is -0.663. The Morgan fingerprint density at radius 2 is 1.90 bits per heavy atom. The van der Waals surface area contributed by atoms with Gasteiger partial charge in [-0.3, -0.25) is 9.69 Å². The number of hydrogen-bond donors (Lipinski definition) is 0. The van der Waals surface area contributed by atoms with Crippen LogP contribution in [-0.4, -0.2) is 47.9 Å². The normalized spacial score (nSPS) is 24.0. The molecule has 1 amide bonds. The van der Waals surface area contributed by atoms with Gasteiger partial charge in [0, 0.05) is 19.1 Å². The van der Waals surface area contributed by atoms with Crippen molar-refractivity contribution in [3.05, 3.63) is 35.9 Å². The van der Waals surface area contributed by atoms with Gasteiger partial charge < -0.3 is 4.90 Å². The molecule has 1 aromatic rings. The van der Waals surface area contributed by atoms with Gasteiger partial charge >= 0.3 is 0 Å². The van der Waals surface area contributed by atoms with Gasteiger partial charge in [-0.1, -0.05) is 30.3 Å². The van der Waals surface area contributed by atoms with E-state index in [2.05, 4.69) is 11.0 Å². The highest BCUT2D eigenvalue weighted by atomic mass is 16.2. The molecule has 2 aliphatic rings. The summed E-state index contributed by atoms with van der Waals surface area (Å²) in [5.74, 6) is -0.700. The molecule has 4 nitrogen and oxygen atoms in total. The highest BCUT2D eigenvalue weighted by Gasteiger charge is 2.34. The van der Waals surface area contributed by atoms with Crippen molar-refractivity contribution in [2.75, 3.05) is 26.2 Å². The topological polar surface area (TPSA) is 47.3 Å². The summed E-state index contributed by atoms with van der Waals surface area (Å²) in [5, 5.41) is 9.38. The number of nitriles is 1. The Bertz CT molecular complexity index is 531. The molecule has 2 saturated heterocycles. The highest BCUT2D eigenvalue weighted by molar-refractivity contribution is 5.86. The van der Waals surface area contributed by atoms with Crippen molar-refractivity contribution >= 4 is 5.91 Å². The standard InChI is InChI=1S/C17H21N3O/c18-12-16(14-6-2-1-3-7-14)17(21)20-11-8-15(13-20)19-9-4-5-10-19/h1-3,6-7,15-16H,4-5,8-11,13H2. The monoisotopic (exact) mass is 283 g/mol. The van der Waals surface area contributed by atoms with Crippen LogP contribution in [0.25, 0.3) is 0 Å². The largest absolute Gasteiger partial charge is 0.340 e. The van der Waals surface area contributed by atoms with E-state index in [4.69, 9.17) is 0 Å². The summed E-state index contributed by atoms with van der Waals surface area (Å²) < 4.78 is 0. The molecule has 4 heteroatoms. The number of carbonyl (C=O) groups is 1. The average Bonchev–Trinajstić information content (AvgIpc) is 3.20. The molecule has 1 aromatic carbocycles. The van der Waals surface area contributed by atoms with Crippen molar-refractivity contribution < 1.29 is 4.79 Å². The van der Waals surface area contributed by atoms with E-state index in [-0.39, 0.29) is 5.91 Å². The minimum Gasteiger partial charge on any atom is -0.340 e. The summed E-state index contributed by atoms with van der Waals surface area (Å²) in [6.07, 6.45) is 3.59. The molecular weight excluding hydrogens is 262 g/mol. The van der Waals surface area contributed by atoms with Crippen LogP contribution in [0.5, 0.6) is 0 Å². The molecule has 0 saturated carbocycles. The van der Waals surface area contributed by atoms with Crippen molar-refractivity contribution in [3.63, 3.8) is 0 Å². The van der Waals surface area contributed by atoms with Crippen LogP contribution in [0.3, 0.4) is 0 Å². The Morgan fingerprint density at radius 1 is 1.19 bits per heavy atom. The van der Waals surface area contributed by atoms with Crippen molar-refractivity contribution in [3.8, 4) is 6.07 Å². The van der Waals surface area contributed by atoms with Gasteiger partial charge in [0.1, 0.15) is 5.92 Å². The van der Waals surface area contributed by atoms with Crippen LogP contribution < -0.4 is 0 Å². The van der Waals surface area contributed by atoms with E-state index in [1.165, 1.54) is 12.8 Å². The summed E-state index contributed by atoms with van der Waals surface area (Å²) in [6, 6.07) is 12.1. The lowest BCUT2D eigenvalue weighted by Gasteiger charge is -2.24. The molecule has 2 aliphatic heterocycles. The van der Waals surface area contributed by atoms with Gasteiger partial charge in [0.25, 0.3) is 0 Å². The molecule has 110 valence electrons. The van der Waals surface area contributed by atoms with Gasteiger partial charge in [0.15, 0.2) is 0 Å². The summed E-state index contributed by atoms with van der Waals surface area (Å²) >= 11 is 0. The molecule has 2 fully saturated rings. The predicted octanol–water partition coefficient (Wildman–Crippen LogP) is 1.99. The second-order valence-corrected chi connectivity index (χ2v) is 5.94. The van der Waals surface area contributed by atoms with Gasteiger partial charge in [-0.25, -0.2) is 0 Å². The first-order valence-corrected chi connectivity index (χ1v) is 7.77. The summed E-state index contributed by atoms with van der Waals surface area (Å²) in [4.78, 5) is 17.0. The molecule has 0 bridgehead atoms. The van der Waals surface area contributed by atoms with Gasteiger partial charge in [-0.15, -0.1) is 0 Å². The minimum absolute atomic E-state index is 0.0367. The molecule has 0 aromatic heterocycles. The second kappa shape index (κ2) is 6.28.